The molecule has 0 spiro atoms. The largest absolute Gasteiger partial charge is 0.314 e. The van der Waals surface area contributed by atoms with E-state index in [-0.39, 0.29) is 0 Å². The smallest absolute Gasteiger partial charge is 0.0130 e. The summed E-state index contributed by atoms with van der Waals surface area (Å²) in [5, 5.41) is 3.45. The van der Waals surface area contributed by atoms with Gasteiger partial charge in [-0.15, -0.1) is 0 Å². The van der Waals surface area contributed by atoms with Crippen molar-refractivity contribution in [1.82, 2.24) is 15.1 Å². The highest BCUT2D eigenvalue weighted by atomic mass is 15.3. The quantitative estimate of drug-likeness (QED) is 0.803. The van der Waals surface area contributed by atoms with E-state index in [0.29, 0.717) is 5.54 Å². The molecule has 4 fully saturated rings. The standard InChI is InChI=1S/C15H29N3/c1-15(2,3)18-13-8-12(9-14(18)10-13)11-17-6-4-16-5-7-17/h12-14,16H,4-11H2,1-3H3. The second-order valence-electron chi connectivity index (χ2n) is 7.51. The van der Waals surface area contributed by atoms with E-state index in [1.807, 2.05) is 0 Å². The first kappa shape index (κ1) is 12.9. The van der Waals surface area contributed by atoms with Gasteiger partial charge in [0.05, 0.1) is 0 Å². The Balaban J connectivity index is 1.51. The van der Waals surface area contributed by atoms with E-state index in [1.54, 1.807) is 0 Å². The second kappa shape index (κ2) is 4.77. The van der Waals surface area contributed by atoms with E-state index in [9.17, 15) is 0 Å². The number of nitrogens with zero attached hydrogens (tertiary/aromatic N) is 2. The third-order valence-electron chi connectivity index (χ3n) is 5.04. The van der Waals surface area contributed by atoms with Crippen molar-refractivity contribution in [2.24, 2.45) is 5.92 Å². The Morgan fingerprint density at radius 2 is 1.61 bits per heavy atom. The summed E-state index contributed by atoms with van der Waals surface area (Å²) in [5.74, 6) is 0.963. The van der Waals surface area contributed by atoms with Crippen LogP contribution >= 0.6 is 0 Å². The first-order valence-electron chi connectivity index (χ1n) is 7.75. The van der Waals surface area contributed by atoms with Crippen molar-refractivity contribution < 1.29 is 0 Å². The highest BCUT2D eigenvalue weighted by Gasteiger charge is 2.49. The number of piperazine rings is 1. The molecular weight excluding hydrogens is 222 g/mol. The van der Waals surface area contributed by atoms with E-state index in [0.717, 1.165) is 18.0 Å². The van der Waals surface area contributed by atoms with Gasteiger partial charge in [0, 0.05) is 50.3 Å². The van der Waals surface area contributed by atoms with Crippen LogP contribution in [0.4, 0.5) is 0 Å². The van der Waals surface area contributed by atoms with Crippen LogP contribution in [0.2, 0.25) is 0 Å². The van der Waals surface area contributed by atoms with Gasteiger partial charge in [-0.2, -0.15) is 0 Å². The fraction of sp³-hybridized carbons (Fsp3) is 1.00. The lowest BCUT2D eigenvalue weighted by Crippen LogP contribution is -2.67. The molecule has 1 aliphatic carbocycles. The molecule has 2 atom stereocenters. The molecule has 0 aromatic carbocycles. The fourth-order valence-electron chi connectivity index (χ4n) is 4.49. The summed E-state index contributed by atoms with van der Waals surface area (Å²) in [6.45, 7) is 13.4. The van der Waals surface area contributed by atoms with Gasteiger partial charge in [-0.1, -0.05) is 0 Å². The molecule has 2 bridgehead atoms. The van der Waals surface area contributed by atoms with Crippen molar-refractivity contribution in [2.75, 3.05) is 32.7 Å². The van der Waals surface area contributed by atoms with Gasteiger partial charge in [-0.25, -0.2) is 0 Å². The Bertz CT molecular complexity index is 279. The van der Waals surface area contributed by atoms with Crippen LogP contribution in [-0.2, 0) is 0 Å². The van der Waals surface area contributed by atoms with E-state index >= 15 is 0 Å². The zero-order valence-electron chi connectivity index (χ0n) is 12.3. The summed E-state index contributed by atoms with van der Waals surface area (Å²) in [4.78, 5) is 5.45. The Morgan fingerprint density at radius 1 is 1.00 bits per heavy atom. The molecule has 18 heavy (non-hydrogen) atoms. The minimum atomic E-state index is 0.383. The summed E-state index contributed by atoms with van der Waals surface area (Å²) in [6, 6.07) is 1.77. The van der Waals surface area contributed by atoms with Crippen LogP contribution in [0.3, 0.4) is 0 Å². The Morgan fingerprint density at radius 3 is 2.17 bits per heavy atom. The third kappa shape index (κ3) is 2.45. The van der Waals surface area contributed by atoms with Crippen LogP contribution in [0.5, 0.6) is 0 Å². The molecule has 0 aromatic heterocycles. The highest BCUT2D eigenvalue weighted by molar-refractivity contribution is 5.04. The third-order valence-corrected chi connectivity index (χ3v) is 5.04. The fourth-order valence-corrected chi connectivity index (χ4v) is 4.49. The van der Waals surface area contributed by atoms with Crippen molar-refractivity contribution >= 4 is 0 Å². The molecule has 3 heterocycles. The molecule has 3 nitrogen and oxygen atoms in total. The second-order valence-corrected chi connectivity index (χ2v) is 7.51. The van der Waals surface area contributed by atoms with Gasteiger partial charge in [0.2, 0.25) is 0 Å². The normalized spacial score (nSPS) is 38.5. The molecule has 3 aliphatic heterocycles. The summed E-state index contributed by atoms with van der Waals surface area (Å²) < 4.78 is 0. The van der Waals surface area contributed by atoms with Crippen LogP contribution in [0, 0.1) is 5.92 Å². The lowest BCUT2D eigenvalue weighted by atomic mass is 9.71. The molecule has 0 aromatic rings. The number of piperidine rings is 1. The Kier molecular flexibility index (Phi) is 3.41. The number of fused-ring (bicyclic) bond motifs is 2. The van der Waals surface area contributed by atoms with Gasteiger partial charge in [0.1, 0.15) is 0 Å². The summed E-state index contributed by atoms with van der Waals surface area (Å²) in [5.41, 5.74) is 0.383. The molecule has 3 heteroatoms. The zero-order chi connectivity index (χ0) is 12.8. The van der Waals surface area contributed by atoms with E-state index in [1.165, 1.54) is 52.0 Å². The molecule has 1 saturated carbocycles. The molecule has 4 aliphatic rings. The minimum absolute atomic E-state index is 0.383. The van der Waals surface area contributed by atoms with Crippen LogP contribution < -0.4 is 5.32 Å². The van der Waals surface area contributed by atoms with Crippen molar-refractivity contribution in [3.05, 3.63) is 0 Å². The van der Waals surface area contributed by atoms with E-state index in [4.69, 9.17) is 0 Å². The number of hydrogen-bond donors (Lipinski definition) is 1. The SMILES string of the molecule is CC(C)(C)N1C2CC(CN3CCNCC3)CC1C2. The van der Waals surface area contributed by atoms with Crippen LogP contribution in [0.25, 0.3) is 0 Å². The monoisotopic (exact) mass is 251 g/mol. The first-order valence-corrected chi connectivity index (χ1v) is 7.75. The minimum Gasteiger partial charge on any atom is -0.314 e. The van der Waals surface area contributed by atoms with Gasteiger partial charge in [0.25, 0.3) is 0 Å². The molecule has 1 N–H and O–H groups in total. The molecule has 104 valence electrons. The van der Waals surface area contributed by atoms with Gasteiger partial charge in [-0.05, 0) is 46.0 Å². The van der Waals surface area contributed by atoms with Gasteiger partial charge in [0.15, 0.2) is 0 Å². The van der Waals surface area contributed by atoms with Crippen LogP contribution in [0.1, 0.15) is 40.0 Å². The summed E-state index contributed by atoms with van der Waals surface area (Å²) in [6.07, 6.45) is 4.35. The molecule has 0 radical (unpaired) electrons. The Labute approximate surface area is 112 Å². The van der Waals surface area contributed by atoms with Gasteiger partial charge >= 0.3 is 0 Å². The lowest BCUT2D eigenvalue weighted by Gasteiger charge is -2.61. The first-order chi connectivity index (χ1) is 8.54. The summed E-state index contributed by atoms with van der Waals surface area (Å²) >= 11 is 0. The van der Waals surface area contributed by atoms with Gasteiger partial charge < -0.3 is 10.2 Å². The maximum absolute atomic E-state index is 3.45. The average molecular weight is 251 g/mol. The van der Waals surface area contributed by atoms with Crippen molar-refractivity contribution in [3.8, 4) is 0 Å². The highest BCUT2D eigenvalue weighted by Crippen LogP contribution is 2.45. The zero-order valence-corrected chi connectivity index (χ0v) is 12.3. The molecular formula is C15H29N3. The predicted octanol–water partition coefficient (Wildman–Crippen LogP) is 1.54. The molecule has 3 saturated heterocycles. The molecule has 4 rings (SSSR count). The van der Waals surface area contributed by atoms with Crippen molar-refractivity contribution in [3.63, 3.8) is 0 Å². The van der Waals surface area contributed by atoms with Crippen molar-refractivity contribution in [1.29, 1.82) is 0 Å². The number of hydrogen-bond acceptors (Lipinski definition) is 3. The maximum atomic E-state index is 3.45. The van der Waals surface area contributed by atoms with Crippen LogP contribution in [0.15, 0.2) is 0 Å². The molecule has 0 amide bonds. The molecule has 2 unspecified atom stereocenters. The topological polar surface area (TPSA) is 18.5 Å². The van der Waals surface area contributed by atoms with Crippen LogP contribution in [-0.4, -0.2) is 60.1 Å². The van der Waals surface area contributed by atoms with Gasteiger partial charge in [-0.3, -0.25) is 4.90 Å². The average Bonchev–Trinajstić information content (AvgIpc) is 2.27. The van der Waals surface area contributed by atoms with E-state index in [2.05, 4.69) is 35.9 Å². The van der Waals surface area contributed by atoms with E-state index < -0.39 is 0 Å². The summed E-state index contributed by atoms with van der Waals surface area (Å²) in [7, 11) is 0. The number of rotatable bonds is 2. The Hall–Kier alpha value is -0.120. The van der Waals surface area contributed by atoms with Crippen molar-refractivity contribution in [2.45, 2.75) is 57.7 Å². The number of nitrogens with one attached hydrogen (secondary N) is 1. The predicted molar refractivity (Wildman–Crippen MR) is 75.8 cm³/mol. The lowest BCUT2D eigenvalue weighted by molar-refractivity contribution is -0.111. The maximum Gasteiger partial charge on any atom is 0.0130 e.